The lowest BCUT2D eigenvalue weighted by Gasteiger charge is -2.33. The number of fused-ring (bicyclic) bond motifs is 1. The number of nitrogens with one attached hydrogen (secondary N) is 7. The van der Waals surface area contributed by atoms with Gasteiger partial charge in [0.05, 0.1) is 25.3 Å². The zero-order valence-corrected chi connectivity index (χ0v) is 45.5. The number of carbonyl (C=O) groups excluding carboxylic acids is 9. The molecule has 5 rings (SSSR count). The fraction of sp³-hybridized carbons (Fsp3) is 0.620. The van der Waals surface area contributed by atoms with Gasteiger partial charge in [0.2, 0.25) is 53.2 Å². The minimum absolute atomic E-state index is 0.0316. The lowest BCUT2D eigenvalue weighted by atomic mass is 10.1. The predicted molar refractivity (Wildman–Crippen MR) is 286 cm³/mol. The highest BCUT2D eigenvalue weighted by atomic mass is 32.2. The highest BCUT2D eigenvalue weighted by molar-refractivity contribution is 7.98. The summed E-state index contributed by atoms with van der Waals surface area (Å²) in [5.41, 5.74) is 7.74. The quantitative estimate of drug-likeness (QED) is 0.0397. The summed E-state index contributed by atoms with van der Waals surface area (Å²) in [6.45, 7) is -0.227. The first-order chi connectivity index (χ1) is 37.2. The van der Waals surface area contributed by atoms with Gasteiger partial charge in [-0.2, -0.15) is 23.5 Å². The molecule has 2 aromatic rings. The summed E-state index contributed by atoms with van der Waals surface area (Å²) < 4.78 is 0. The van der Waals surface area contributed by atoms with E-state index in [1.165, 1.54) is 40.2 Å². The third-order valence-electron chi connectivity index (χ3n) is 14.0. The van der Waals surface area contributed by atoms with E-state index in [0.29, 0.717) is 24.3 Å². The van der Waals surface area contributed by atoms with E-state index in [4.69, 9.17) is 5.73 Å². The second-order valence-electron chi connectivity index (χ2n) is 19.5. The van der Waals surface area contributed by atoms with Crippen molar-refractivity contribution in [1.29, 1.82) is 0 Å². The highest BCUT2D eigenvalue weighted by Gasteiger charge is 2.45. The van der Waals surface area contributed by atoms with E-state index < -0.39 is 152 Å². The average Bonchev–Trinajstić information content (AvgIpc) is 4.27. The van der Waals surface area contributed by atoms with Crippen LogP contribution < -0.4 is 37.6 Å². The van der Waals surface area contributed by atoms with Crippen LogP contribution in [0.25, 0.3) is 10.9 Å². The Kier molecular flexibility index (Phi) is 24.0. The van der Waals surface area contributed by atoms with Crippen molar-refractivity contribution in [2.75, 3.05) is 56.8 Å². The van der Waals surface area contributed by atoms with Gasteiger partial charge in [0.15, 0.2) is 0 Å². The maximum Gasteiger partial charge on any atom is 0.326 e. The number of aromatic amines is 1. The summed E-state index contributed by atoms with van der Waals surface area (Å²) in [7, 11) is 0. The van der Waals surface area contributed by atoms with E-state index in [2.05, 4.69) is 36.9 Å². The Morgan fingerprint density at radius 2 is 1.18 bits per heavy atom. The van der Waals surface area contributed by atoms with Crippen LogP contribution in [0.15, 0.2) is 30.5 Å². The number of aliphatic carboxylic acids is 2. The van der Waals surface area contributed by atoms with E-state index in [1.807, 2.05) is 24.3 Å². The Hall–Kier alpha value is -6.49. The van der Waals surface area contributed by atoms with Gasteiger partial charge in [-0.3, -0.25) is 47.9 Å². The molecule has 78 heavy (non-hydrogen) atoms. The number of para-hydroxylation sites is 1. The number of carboxylic acid groups (broad SMARTS) is 2. The molecular formula is C50H73N11O15S2. The van der Waals surface area contributed by atoms with Gasteiger partial charge in [0.1, 0.15) is 48.3 Å². The van der Waals surface area contributed by atoms with Crippen molar-refractivity contribution in [2.24, 2.45) is 5.73 Å². The summed E-state index contributed by atoms with van der Waals surface area (Å²) in [6.07, 6.45) is 4.76. The van der Waals surface area contributed by atoms with Crippen LogP contribution in [0.5, 0.6) is 0 Å². The Bertz CT molecular complexity index is 2500. The number of nitrogens with zero attached hydrogens (tertiary/aromatic N) is 3. The molecule has 3 fully saturated rings. The predicted octanol–water partition coefficient (Wildman–Crippen LogP) is -2.62. The Labute approximate surface area is 459 Å². The smallest absolute Gasteiger partial charge is 0.326 e. The average molecular weight is 1130 g/mol. The molecule has 28 heteroatoms. The van der Waals surface area contributed by atoms with Crippen molar-refractivity contribution in [3.8, 4) is 0 Å². The molecule has 0 aliphatic carbocycles. The number of rotatable bonds is 29. The Morgan fingerprint density at radius 1 is 0.679 bits per heavy atom. The molecule has 3 aliphatic rings. The van der Waals surface area contributed by atoms with Crippen molar-refractivity contribution in [1.82, 2.24) is 51.6 Å². The van der Waals surface area contributed by atoms with E-state index in [9.17, 15) is 73.2 Å². The van der Waals surface area contributed by atoms with E-state index in [1.54, 1.807) is 18.7 Å². The van der Waals surface area contributed by atoms with Crippen molar-refractivity contribution in [2.45, 2.75) is 138 Å². The first-order valence-corrected chi connectivity index (χ1v) is 28.7. The molecule has 3 saturated heterocycles. The molecule has 1 aromatic heterocycles. The molecule has 430 valence electrons. The molecule has 10 atom stereocenters. The number of likely N-dealkylation sites (tertiary alicyclic amines) is 3. The number of aliphatic hydroxyl groups is 2. The third kappa shape index (κ3) is 16.8. The summed E-state index contributed by atoms with van der Waals surface area (Å²) in [4.78, 5) is 154. The Morgan fingerprint density at radius 3 is 1.68 bits per heavy atom. The number of H-pyrrole nitrogens is 1. The lowest BCUT2D eigenvalue weighted by Crippen LogP contribution is -2.61. The van der Waals surface area contributed by atoms with E-state index in [-0.39, 0.29) is 64.6 Å². The van der Waals surface area contributed by atoms with E-state index in [0.717, 1.165) is 21.4 Å². The van der Waals surface area contributed by atoms with Crippen molar-refractivity contribution < 1.29 is 73.2 Å². The van der Waals surface area contributed by atoms with Crippen LogP contribution in [0.3, 0.4) is 0 Å². The van der Waals surface area contributed by atoms with Crippen LogP contribution >= 0.6 is 23.5 Å². The molecule has 0 bridgehead atoms. The number of aliphatic hydroxyl groups excluding tert-OH is 2. The number of hydrogen-bond acceptors (Lipinski definition) is 16. The molecule has 0 spiro atoms. The van der Waals surface area contributed by atoms with Gasteiger partial charge in [0.25, 0.3) is 0 Å². The summed E-state index contributed by atoms with van der Waals surface area (Å²) in [5.74, 6) is -8.72. The first kappa shape index (κ1) is 62.4. The largest absolute Gasteiger partial charge is 0.481 e. The van der Waals surface area contributed by atoms with Crippen molar-refractivity contribution in [3.05, 3.63) is 36.0 Å². The number of carboxylic acids is 2. The van der Waals surface area contributed by atoms with Gasteiger partial charge in [0, 0.05) is 43.2 Å². The maximum atomic E-state index is 14.4. The standard InChI is InChI=1S/C50H73N11O15S2/c1-27(63)41(58-43(68)35(26-62)54-39(64)25-53-42(67)30(51)23-28-24-52-31-10-5-4-9-29(28)31)49(74)61-20-8-13-38(61)45(70)55-32(14-15-40(65)66)47(72)59-18-6-11-36(59)44(69)56-33(16-21-77-2)48(73)60-19-7-12-37(60)46(71)57-34(50(75)76)17-22-78-3/h4-5,9-10,24,27,30,32-38,41,52,62-63H,6-8,11-23,25-26,51H2,1-3H3,(H,53,67)(H,54,64)(H,55,70)(H,56,69)(H,57,71)(H,58,68)(H,65,66)(H,75,76)/t27-,30+,32+,33+,34+,35+,36+,37+,38+,41+/m1/s1. The lowest BCUT2D eigenvalue weighted by molar-refractivity contribution is -0.147. The van der Waals surface area contributed by atoms with Gasteiger partial charge in [-0.15, -0.1) is 0 Å². The van der Waals surface area contributed by atoms with Crippen molar-refractivity contribution in [3.63, 3.8) is 0 Å². The molecule has 0 saturated carbocycles. The van der Waals surface area contributed by atoms with Crippen LogP contribution in [-0.2, 0) is 59.2 Å². The molecular weight excluding hydrogens is 1060 g/mol. The number of carbonyl (C=O) groups is 11. The minimum atomic E-state index is -1.72. The van der Waals surface area contributed by atoms with Crippen LogP contribution in [0, 0.1) is 0 Å². The van der Waals surface area contributed by atoms with Crippen molar-refractivity contribution >= 4 is 99.5 Å². The van der Waals surface area contributed by atoms with Gasteiger partial charge < -0.3 is 77.7 Å². The normalized spacial score (nSPS) is 19.9. The molecule has 13 N–H and O–H groups in total. The maximum absolute atomic E-state index is 14.4. The van der Waals surface area contributed by atoms with Crippen LogP contribution in [-0.4, -0.2) is 222 Å². The highest BCUT2D eigenvalue weighted by Crippen LogP contribution is 2.25. The summed E-state index contributed by atoms with van der Waals surface area (Å²) in [6, 6.07) is -4.21. The first-order valence-electron chi connectivity index (χ1n) is 25.9. The minimum Gasteiger partial charge on any atom is -0.481 e. The second-order valence-corrected chi connectivity index (χ2v) is 21.5. The molecule has 3 aliphatic heterocycles. The number of nitrogens with two attached hydrogens (primary N) is 1. The number of benzene rings is 1. The number of aromatic nitrogens is 1. The third-order valence-corrected chi connectivity index (χ3v) is 15.3. The number of hydrogen-bond donors (Lipinski definition) is 12. The summed E-state index contributed by atoms with van der Waals surface area (Å²) in [5, 5.41) is 55.9. The molecule has 1 aromatic carbocycles. The fourth-order valence-corrected chi connectivity index (χ4v) is 10.8. The van der Waals surface area contributed by atoms with Gasteiger partial charge in [-0.05, 0) is 107 Å². The van der Waals surface area contributed by atoms with Crippen LogP contribution in [0.2, 0.25) is 0 Å². The van der Waals surface area contributed by atoms with Gasteiger partial charge in [-0.1, -0.05) is 18.2 Å². The topological polar surface area (TPSA) is 392 Å². The molecule has 4 heterocycles. The molecule has 9 amide bonds. The fourth-order valence-electron chi connectivity index (χ4n) is 9.81. The monoisotopic (exact) mass is 1130 g/mol. The second kappa shape index (κ2) is 30.0. The molecule has 0 unspecified atom stereocenters. The summed E-state index contributed by atoms with van der Waals surface area (Å²) >= 11 is 2.83. The zero-order valence-electron chi connectivity index (χ0n) is 43.9. The SMILES string of the molecule is CSCC[C@H](NC(=O)[C@@H]1CCCN1C(=O)[C@H](CCSC)NC(=O)[C@@H]1CCCN1C(=O)[C@H](CCC(=O)O)NC(=O)[C@@H]1CCCN1C(=O)[C@@H](NC(=O)[C@H](CO)NC(=O)CNC(=O)[C@@H](N)Cc1c[nH]c2ccccc12)[C@@H](C)O)C(=O)O. The Balaban J connectivity index is 1.20. The van der Waals surface area contributed by atoms with Gasteiger partial charge >= 0.3 is 11.9 Å². The number of thioether (sulfide) groups is 2. The van der Waals surface area contributed by atoms with E-state index >= 15 is 0 Å². The van der Waals surface area contributed by atoms with Crippen LogP contribution in [0.4, 0.5) is 0 Å². The zero-order chi connectivity index (χ0) is 57.2. The van der Waals surface area contributed by atoms with Gasteiger partial charge in [-0.25, -0.2) is 4.79 Å². The molecule has 0 radical (unpaired) electrons. The van der Waals surface area contributed by atoms with Crippen LogP contribution in [0.1, 0.15) is 76.7 Å². The molecule has 26 nitrogen and oxygen atoms in total. The number of amides is 9.